The molecule has 0 aromatic heterocycles. The van der Waals surface area contributed by atoms with Crippen molar-refractivity contribution in [2.24, 2.45) is 11.7 Å². The van der Waals surface area contributed by atoms with Crippen LogP contribution in [0.15, 0.2) is 12.1 Å². The third-order valence-electron chi connectivity index (χ3n) is 3.30. The topological polar surface area (TPSA) is 38.0 Å². The second-order valence-corrected chi connectivity index (χ2v) is 4.83. The minimum atomic E-state index is -0.667. The summed E-state index contributed by atoms with van der Waals surface area (Å²) in [6.45, 7) is 0.568. The van der Waals surface area contributed by atoms with Gasteiger partial charge in [-0.3, -0.25) is 0 Å². The zero-order valence-corrected chi connectivity index (χ0v) is 10.1. The molecule has 2 unspecified atom stereocenters. The van der Waals surface area contributed by atoms with Crippen molar-refractivity contribution in [1.29, 1.82) is 0 Å². The van der Waals surface area contributed by atoms with Crippen LogP contribution >= 0.6 is 11.6 Å². The highest BCUT2D eigenvalue weighted by molar-refractivity contribution is 6.33. The number of rotatable bonds is 3. The van der Waals surface area contributed by atoms with Crippen LogP contribution in [0.4, 0.5) is 14.5 Å². The predicted octanol–water partition coefficient (Wildman–Crippen LogP) is 3.16. The van der Waals surface area contributed by atoms with E-state index in [2.05, 4.69) is 5.32 Å². The van der Waals surface area contributed by atoms with E-state index in [0.717, 1.165) is 31.4 Å². The summed E-state index contributed by atoms with van der Waals surface area (Å²) < 4.78 is 26.5. The second kappa shape index (κ2) is 5.19. The number of hydrogen-bond acceptors (Lipinski definition) is 2. The molecule has 94 valence electrons. The zero-order chi connectivity index (χ0) is 12.4. The lowest BCUT2D eigenvalue weighted by molar-refractivity contribution is 0.512. The van der Waals surface area contributed by atoms with E-state index in [1.807, 2.05) is 0 Å². The Morgan fingerprint density at radius 2 is 2.12 bits per heavy atom. The summed E-state index contributed by atoms with van der Waals surface area (Å²) >= 11 is 5.83. The molecule has 0 aliphatic heterocycles. The minimum Gasteiger partial charge on any atom is -0.378 e. The number of benzene rings is 1. The fourth-order valence-electron chi connectivity index (χ4n) is 2.37. The molecule has 0 saturated heterocycles. The molecule has 1 fully saturated rings. The molecule has 0 spiro atoms. The molecule has 17 heavy (non-hydrogen) atoms. The molecule has 5 heteroatoms. The maximum Gasteiger partial charge on any atom is 0.150 e. The van der Waals surface area contributed by atoms with Gasteiger partial charge in [0, 0.05) is 12.1 Å². The van der Waals surface area contributed by atoms with E-state index in [1.165, 1.54) is 0 Å². The minimum absolute atomic E-state index is 0.0742. The SMILES string of the molecule is NCC1CCCC1Nc1c(F)cc(F)cc1Cl. The number of halogens is 3. The highest BCUT2D eigenvalue weighted by Gasteiger charge is 2.27. The largest absolute Gasteiger partial charge is 0.378 e. The van der Waals surface area contributed by atoms with Gasteiger partial charge in [0.2, 0.25) is 0 Å². The smallest absolute Gasteiger partial charge is 0.150 e. The zero-order valence-electron chi connectivity index (χ0n) is 9.35. The van der Waals surface area contributed by atoms with Gasteiger partial charge in [0.05, 0.1) is 10.7 Å². The third kappa shape index (κ3) is 2.69. The van der Waals surface area contributed by atoms with Crippen LogP contribution in [0.2, 0.25) is 5.02 Å². The lowest BCUT2D eigenvalue weighted by atomic mass is 10.0. The molecule has 2 atom stereocenters. The number of nitrogens with one attached hydrogen (secondary N) is 1. The monoisotopic (exact) mass is 260 g/mol. The summed E-state index contributed by atoms with van der Waals surface area (Å²) in [5.41, 5.74) is 5.83. The van der Waals surface area contributed by atoms with Gasteiger partial charge >= 0.3 is 0 Å². The first-order chi connectivity index (χ1) is 8.11. The van der Waals surface area contributed by atoms with Gasteiger partial charge in [-0.05, 0) is 31.4 Å². The van der Waals surface area contributed by atoms with Crippen LogP contribution in [-0.4, -0.2) is 12.6 Å². The van der Waals surface area contributed by atoms with Crippen LogP contribution < -0.4 is 11.1 Å². The lowest BCUT2D eigenvalue weighted by Gasteiger charge is -2.21. The Kier molecular flexibility index (Phi) is 3.84. The van der Waals surface area contributed by atoms with E-state index in [0.29, 0.717) is 12.5 Å². The molecule has 0 amide bonds. The molecule has 1 saturated carbocycles. The maximum absolute atomic E-state index is 13.6. The van der Waals surface area contributed by atoms with Crippen LogP contribution in [0.1, 0.15) is 19.3 Å². The molecule has 0 heterocycles. The normalized spacial score (nSPS) is 24.0. The molecule has 3 N–H and O–H groups in total. The van der Waals surface area contributed by atoms with Crippen molar-refractivity contribution in [3.63, 3.8) is 0 Å². The van der Waals surface area contributed by atoms with Gasteiger partial charge in [-0.25, -0.2) is 8.78 Å². The fourth-order valence-corrected chi connectivity index (χ4v) is 2.62. The Bertz CT molecular complexity index is 388. The van der Waals surface area contributed by atoms with Gasteiger partial charge in [0.25, 0.3) is 0 Å². The summed E-state index contributed by atoms with van der Waals surface area (Å²) in [5, 5.41) is 3.13. The van der Waals surface area contributed by atoms with E-state index in [4.69, 9.17) is 17.3 Å². The van der Waals surface area contributed by atoms with Crippen molar-refractivity contribution in [1.82, 2.24) is 0 Å². The van der Waals surface area contributed by atoms with Crippen LogP contribution in [0.25, 0.3) is 0 Å². The van der Waals surface area contributed by atoms with Crippen molar-refractivity contribution < 1.29 is 8.78 Å². The van der Waals surface area contributed by atoms with Crippen molar-refractivity contribution in [2.75, 3.05) is 11.9 Å². The van der Waals surface area contributed by atoms with Gasteiger partial charge in [-0.2, -0.15) is 0 Å². The van der Waals surface area contributed by atoms with Crippen LogP contribution in [-0.2, 0) is 0 Å². The number of hydrogen-bond donors (Lipinski definition) is 2. The predicted molar refractivity (Wildman–Crippen MR) is 65.2 cm³/mol. The third-order valence-corrected chi connectivity index (χ3v) is 3.60. The van der Waals surface area contributed by atoms with Gasteiger partial charge < -0.3 is 11.1 Å². The molecular weight excluding hydrogens is 246 g/mol. The van der Waals surface area contributed by atoms with Crippen molar-refractivity contribution in [3.8, 4) is 0 Å². The van der Waals surface area contributed by atoms with E-state index in [-0.39, 0.29) is 16.8 Å². The van der Waals surface area contributed by atoms with Crippen LogP contribution in [0, 0.1) is 17.6 Å². The van der Waals surface area contributed by atoms with E-state index in [1.54, 1.807) is 0 Å². The van der Waals surface area contributed by atoms with E-state index < -0.39 is 11.6 Å². The average molecular weight is 261 g/mol. The van der Waals surface area contributed by atoms with Crippen molar-refractivity contribution in [3.05, 3.63) is 28.8 Å². The summed E-state index contributed by atoms with van der Waals surface area (Å²) in [6.07, 6.45) is 3.05. The first-order valence-electron chi connectivity index (χ1n) is 5.73. The van der Waals surface area contributed by atoms with Gasteiger partial charge in [-0.15, -0.1) is 0 Å². The molecule has 0 bridgehead atoms. The molecule has 1 aliphatic rings. The Balaban J connectivity index is 2.18. The van der Waals surface area contributed by atoms with Crippen LogP contribution in [0.5, 0.6) is 0 Å². The molecule has 1 aromatic carbocycles. The number of anilines is 1. The molecule has 1 aliphatic carbocycles. The van der Waals surface area contributed by atoms with Gasteiger partial charge in [0.1, 0.15) is 5.82 Å². The standard InChI is InChI=1S/C12H15ClF2N2/c13-9-4-8(14)5-10(15)12(9)17-11-3-1-2-7(11)6-16/h4-5,7,11,17H,1-3,6,16H2. The summed E-state index contributed by atoms with van der Waals surface area (Å²) in [7, 11) is 0. The quantitative estimate of drug-likeness (QED) is 0.876. The maximum atomic E-state index is 13.6. The average Bonchev–Trinajstić information content (AvgIpc) is 2.70. The number of nitrogens with two attached hydrogens (primary N) is 1. The highest BCUT2D eigenvalue weighted by atomic mass is 35.5. The van der Waals surface area contributed by atoms with Gasteiger partial charge in [0.15, 0.2) is 5.82 Å². The Morgan fingerprint density at radius 1 is 1.35 bits per heavy atom. The summed E-state index contributed by atoms with van der Waals surface area (Å²) in [5.74, 6) is -0.993. The molecule has 2 rings (SSSR count). The van der Waals surface area contributed by atoms with Gasteiger partial charge in [-0.1, -0.05) is 18.0 Å². The fraction of sp³-hybridized carbons (Fsp3) is 0.500. The van der Waals surface area contributed by atoms with Crippen molar-refractivity contribution in [2.45, 2.75) is 25.3 Å². The second-order valence-electron chi connectivity index (χ2n) is 4.42. The summed E-state index contributed by atoms with van der Waals surface area (Å²) in [4.78, 5) is 0. The highest BCUT2D eigenvalue weighted by Crippen LogP contribution is 2.32. The van der Waals surface area contributed by atoms with E-state index in [9.17, 15) is 8.78 Å². The summed E-state index contributed by atoms with van der Waals surface area (Å²) in [6, 6.07) is 2.07. The van der Waals surface area contributed by atoms with E-state index >= 15 is 0 Å². The first kappa shape index (κ1) is 12.6. The lowest BCUT2D eigenvalue weighted by Crippen LogP contribution is -2.29. The Labute approximate surface area is 104 Å². The molecule has 0 radical (unpaired) electrons. The molecule has 1 aromatic rings. The Hall–Kier alpha value is -0.870. The first-order valence-corrected chi connectivity index (χ1v) is 6.10. The van der Waals surface area contributed by atoms with Crippen LogP contribution in [0.3, 0.4) is 0 Å². The van der Waals surface area contributed by atoms with Crippen molar-refractivity contribution >= 4 is 17.3 Å². The Morgan fingerprint density at radius 3 is 2.76 bits per heavy atom. The molecule has 2 nitrogen and oxygen atoms in total. The molecular formula is C12H15ClF2N2.